The third-order valence-corrected chi connectivity index (χ3v) is 7.12. The molecule has 2 aliphatic rings. The van der Waals surface area contributed by atoms with E-state index in [4.69, 9.17) is 0 Å². The quantitative estimate of drug-likeness (QED) is 0.448. The van der Waals surface area contributed by atoms with Gasteiger partial charge in [0.25, 0.3) is 0 Å². The second-order valence-electron chi connectivity index (χ2n) is 8.42. The molecular formula is C21H24F5N3O3S. The molecule has 1 heterocycles. The number of fused-ring (bicyclic) bond motifs is 1. The molecule has 0 bridgehead atoms. The maximum absolute atomic E-state index is 13.4. The highest BCUT2D eigenvalue weighted by molar-refractivity contribution is 8.45. The van der Waals surface area contributed by atoms with Gasteiger partial charge in [-0.25, -0.2) is 4.79 Å². The summed E-state index contributed by atoms with van der Waals surface area (Å²) in [6.07, 6.45) is -0.558. The molecule has 1 aliphatic carbocycles. The normalized spacial score (nSPS) is 23.4. The van der Waals surface area contributed by atoms with E-state index in [2.05, 4.69) is 10.6 Å². The van der Waals surface area contributed by atoms with E-state index in [0.29, 0.717) is 30.9 Å². The third-order valence-electron chi connectivity index (χ3n) is 5.98. The Morgan fingerprint density at radius 3 is 2.30 bits per heavy atom. The Bertz CT molecular complexity index is 1080. The van der Waals surface area contributed by atoms with E-state index in [-0.39, 0.29) is 24.8 Å². The summed E-state index contributed by atoms with van der Waals surface area (Å²) in [4.78, 5) is 12.1. The van der Waals surface area contributed by atoms with Crippen LogP contribution in [0.5, 0.6) is 0 Å². The summed E-state index contributed by atoms with van der Waals surface area (Å²) in [6, 6.07) is 6.81. The minimum Gasteiger partial charge on any atom is -0.393 e. The zero-order chi connectivity index (χ0) is 24.1. The van der Waals surface area contributed by atoms with Crippen LogP contribution in [-0.2, 0) is 6.42 Å². The minimum atomic E-state index is -9.98. The molecule has 0 spiro atoms. The maximum atomic E-state index is 13.4. The number of benzene rings is 2. The Hall–Kier alpha value is -2.57. The van der Waals surface area contributed by atoms with Crippen LogP contribution in [0.1, 0.15) is 30.1 Å². The van der Waals surface area contributed by atoms with Crippen molar-refractivity contribution < 1.29 is 34.4 Å². The summed E-state index contributed by atoms with van der Waals surface area (Å²) in [5.74, 6) is 0. The van der Waals surface area contributed by atoms with Crippen molar-refractivity contribution in [3.05, 3.63) is 53.6 Å². The molecule has 2 atom stereocenters. The van der Waals surface area contributed by atoms with E-state index in [1.807, 2.05) is 0 Å². The number of aliphatic hydroxyl groups excluding tert-OH is 2. The number of urea groups is 1. The molecule has 0 unspecified atom stereocenters. The Balaban J connectivity index is 1.59. The average molecular weight is 493 g/mol. The summed E-state index contributed by atoms with van der Waals surface area (Å²) in [7, 11) is -9.98. The fourth-order valence-electron chi connectivity index (χ4n) is 4.27. The molecular weight excluding hydrogens is 469 g/mol. The predicted octanol–water partition coefficient (Wildman–Crippen LogP) is 5.08. The van der Waals surface area contributed by atoms with Crippen molar-refractivity contribution in [1.29, 1.82) is 0 Å². The van der Waals surface area contributed by atoms with Crippen LogP contribution in [0.3, 0.4) is 0 Å². The highest BCUT2D eigenvalue weighted by Crippen LogP contribution is 3.02. The fraction of sp³-hybridized carbons (Fsp3) is 0.381. The predicted molar refractivity (Wildman–Crippen MR) is 116 cm³/mol. The first kappa shape index (κ1) is 23.6. The topological polar surface area (TPSA) is 84.8 Å². The van der Waals surface area contributed by atoms with Crippen LogP contribution in [0.4, 0.5) is 35.6 Å². The number of piperidine rings is 1. The molecule has 2 amide bonds. The number of halogens is 5. The number of amides is 2. The smallest absolute Gasteiger partial charge is 0.319 e. The van der Waals surface area contributed by atoms with Crippen molar-refractivity contribution in [2.75, 3.05) is 23.3 Å². The Kier molecular flexibility index (Phi) is 5.34. The lowest BCUT2D eigenvalue weighted by molar-refractivity contribution is 0.144. The SMILES string of the molecule is O=C(Nc1cc(S(F)(F)(F)(F)F)ccc1N1CCC(O)CC1)N[C@@H]1Cc2ccccc2[C@@H]1O. The first-order valence-corrected chi connectivity index (χ1v) is 12.3. The van der Waals surface area contributed by atoms with Gasteiger partial charge in [0.15, 0.2) is 0 Å². The first-order valence-electron chi connectivity index (χ1n) is 10.4. The first-order chi connectivity index (χ1) is 15.2. The Labute approximate surface area is 187 Å². The lowest BCUT2D eigenvalue weighted by atomic mass is 10.1. The van der Waals surface area contributed by atoms with Crippen LogP contribution in [0.15, 0.2) is 47.4 Å². The van der Waals surface area contributed by atoms with Crippen molar-refractivity contribution in [3.63, 3.8) is 0 Å². The zero-order valence-electron chi connectivity index (χ0n) is 17.4. The molecule has 2 aromatic carbocycles. The van der Waals surface area contributed by atoms with Crippen LogP contribution in [0, 0.1) is 0 Å². The highest BCUT2D eigenvalue weighted by atomic mass is 32.5. The van der Waals surface area contributed by atoms with Gasteiger partial charge < -0.3 is 25.7 Å². The molecule has 1 fully saturated rings. The number of aliphatic hydroxyl groups is 2. The van der Waals surface area contributed by atoms with Gasteiger partial charge in [0.2, 0.25) is 0 Å². The van der Waals surface area contributed by atoms with Gasteiger partial charge in [0.05, 0.1) is 29.6 Å². The molecule has 2 aromatic rings. The number of carbonyl (C=O) groups is 1. The molecule has 6 nitrogen and oxygen atoms in total. The monoisotopic (exact) mass is 493 g/mol. The lowest BCUT2D eigenvalue weighted by Gasteiger charge is -2.41. The summed E-state index contributed by atoms with van der Waals surface area (Å²) in [5.41, 5.74) is 1.17. The van der Waals surface area contributed by atoms with Crippen LogP contribution < -0.4 is 15.5 Å². The number of hydrogen-bond acceptors (Lipinski definition) is 4. The van der Waals surface area contributed by atoms with Gasteiger partial charge in [-0.1, -0.05) is 43.7 Å². The van der Waals surface area contributed by atoms with Crippen molar-refractivity contribution in [2.45, 2.75) is 42.4 Å². The second kappa shape index (κ2) is 7.47. The van der Waals surface area contributed by atoms with E-state index < -0.39 is 45.1 Å². The largest absolute Gasteiger partial charge is 0.393 e. The Morgan fingerprint density at radius 1 is 1.00 bits per heavy atom. The van der Waals surface area contributed by atoms with E-state index >= 15 is 0 Å². The second-order valence-corrected chi connectivity index (χ2v) is 10.8. The van der Waals surface area contributed by atoms with Gasteiger partial charge in [-0.15, -0.1) is 0 Å². The van der Waals surface area contributed by atoms with Crippen molar-refractivity contribution in [2.24, 2.45) is 0 Å². The van der Waals surface area contributed by atoms with Crippen LogP contribution >= 0.6 is 10.2 Å². The van der Waals surface area contributed by atoms with Gasteiger partial charge in [0.1, 0.15) is 4.90 Å². The van der Waals surface area contributed by atoms with Gasteiger partial charge in [-0.3, -0.25) is 0 Å². The molecule has 0 aromatic heterocycles. The van der Waals surface area contributed by atoms with E-state index in [0.717, 1.165) is 11.6 Å². The number of hydrogen-bond donors (Lipinski definition) is 4. The van der Waals surface area contributed by atoms with Gasteiger partial charge in [0, 0.05) is 13.1 Å². The molecule has 33 heavy (non-hydrogen) atoms. The van der Waals surface area contributed by atoms with Crippen LogP contribution in [-0.4, -0.2) is 41.5 Å². The molecule has 4 N–H and O–H groups in total. The standard InChI is InChI=1S/C21H24F5N3O3S/c22-33(23,24,25,26)15-5-6-19(29-9-7-14(30)8-10-29)17(12-15)27-21(32)28-18-11-13-3-1-2-4-16(13)20(18)31/h1-6,12,14,18,20,30-31H,7-11H2,(H2,27,28,32)/t18-,20+/m1/s1. The summed E-state index contributed by atoms with van der Waals surface area (Å²) < 4.78 is 67.1. The number of rotatable bonds is 4. The van der Waals surface area contributed by atoms with Gasteiger partial charge >= 0.3 is 16.3 Å². The molecule has 12 heteroatoms. The maximum Gasteiger partial charge on any atom is 0.319 e. The Morgan fingerprint density at radius 2 is 1.67 bits per heavy atom. The number of carbonyl (C=O) groups excluding carboxylic acids is 1. The third kappa shape index (κ3) is 5.17. The summed E-state index contributed by atoms with van der Waals surface area (Å²) in [5, 5.41) is 24.9. The number of nitrogens with one attached hydrogen (secondary N) is 2. The number of anilines is 2. The van der Waals surface area contributed by atoms with E-state index in [9.17, 15) is 34.4 Å². The van der Waals surface area contributed by atoms with Gasteiger partial charge in [-0.2, -0.15) is 0 Å². The van der Waals surface area contributed by atoms with Crippen molar-refractivity contribution in [1.82, 2.24) is 5.32 Å². The minimum absolute atomic E-state index is 0.137. The highest BCUT2D eigenvalue weighted by Gasteiger charge is 2.65. The summed E-state index contributed by atoms with van der Waals surface area (Å²) in [6.45, 7) is 0.563. The lowest BCUT2D eigenvalue weighted by Crippen LogP contribution is -2.41. The zero-order valence-corrected chi connectivity index (χ0v) is 18.2. The van der Waals surface area contributed by atoms with Crippen molar-refractivity contribution in [3.8, 4) is 0 Å². The molecule has 0 saturated carbocycles. The van der Waals surface area contributed by atoms with Crippen LogP contribution in [0.2, 0.25) is 0 Å². The molecule has 1 aliphatic heterocycles. The van der Waals surface area contributed by atoms with Crippen molar-refractivity contribution >= 4 is 27.6 Å². The summed E-state index contributed by atoms with van der Waals surface area (Å²) >= 11 is 0. The molecule has 182 valence electrons. The number of nitrogens with zero attached hydrogens (tertiary/aromatic N) is 1. The molecule has 0 radical (unpaired) electrons. The average Bonchev–Trinajstić information content (AvgIpc) is 3.02. The van der Waals surface area contributed by atoms with E-state index in [1.54, 1.807) is 29.2 Å². The van der Waals surface area contributed by atoms with Gasteiger partial charge in [-0.05, 0) is 48.6 Å². The fourth-order valence-corrected chi connectivity index (χ4v) is 4.93. The van der Waals surface area contributed by atoms with Crippen LogP contribution in [0.25, 0.3) is 0 Å². The molecule has 1 saturated heterocycles. The molecule has 4 rings (SSSR count). The van der Waals surface area contributed by atoms with E-state index in [1.165, 1.54) is 0 Å².